The van der Waals surface area contributed by atoms with E-state index >= 15 is 0 Å². The summed E-state index contributed by atoms with van der Waals surface area (Å²) >= 11 is 5.24. The first-order valence-corrected chi connectivity index (χ1v) is 7.58. The van der Waals surface area contributed by atoms with E-state index in [9.17, 15) is 4.79 Å². The number of anilines is 1. The second kappa shape index (κ2) is 4.97. The summed E-state index contributed by atoms with van der Waals surface area (Å²) in [7, 11) is 0. The highest BCUT2D eigenvalue weighted by Gasteiger charge is 2.23. The fourth-order valence-corrected chi connectivity index (χ4v) is 3.89. The molecule has 0 bridgehead atoms. The number of nitrogens with zero attached hydrogens (tertiary/aromatic N) is 3. The van der Waals surface area contributed by atoms with E-state index in [0.29, 0.717) is 26.2 Å². The Balaban J connectivity index is 1.90. The molecule has 1 saturated heterocycles. The number of hydrogen-bond acceptors (Lipinski definition) is 4. The summed E-state index contributed by atoms with van der Waals surface area (Å²) in [4.78, 5) is 19.0. The van der Waals surface area contributed by atoms with Crippen molar-refractivity contribution in [2.24, 2.45) is 0 Å². The molecule has 2 aromatic heterocycles. The Morgan fingerprint density at radius 2 is 2.11 bits per heavy atom. The standard InChI is InChI=1S/C12H12BrN3O2S/c13-8-7-19-9-1-2-14-11(10(8)9)15-3-5-16(6-4-15)12(17)18/h1-2,7H,3-6H2,(H,17,18). The number of pyridine rings is 1. The molecular weight excluding hydrogens is 330 g/mol. The van der Waals surface area contributed by atoms with Gasteiger partial charge in [0.25, 0.3) is 0 Å². The van der Waals surface area contributed by atoms with Crippen molar-refractivity contribution in [3.8, 4) is 0 Å². The van der Waals surface area contributed by atoms with Crippen molar-refractivity contribution in [2.45, 2.75) is 0 Å². The minimum absolute atomic E-state index is 0.523. The Morgan fingerprint density at radius 1 is 1.37 bits per heavy atom. The van der Waals surface area contributed by atoms with Crippen LogP contribution in [0.15, 0.2) is 22.1 Å². The smallest absolute Gasteiger partial charge is 0.407 e. The number of carboxylic acid groups (broad SMARTS) is 1. The lowest BCUT2D eigenvalue weighted by Crippen LogP contribution is -2.48. The van der Waals surface area contributed by atoms with E-state index in [1.54, 1.807) is 11.3 Å². The molecule has 1 N–H and O–H groups in total. The predicted octanol–water partition coefficient (Wildman–Crippen LogP) is 2.86. The summed E-state index contributed by atoms with van der Waals surface area (Å²) in [6.07, 6.45) is 0.965. The van der Waals surface area contributed by atoms with Crippen molar-refractivity contribution in [1.29, 1.82) is 0 Å². The average Bonchev–Trinajstić information content (AvgIpc) is 2.81. The van der Waals surface area contributed by atoms with Crippen LogP contribution in [0.25, 0.3) is 10.1 Å². The highest BCUT2D eigenvalue weighted by molar-refractivity contribution is 9.10. The zero-order chi connectivity index (χ0) is 13.4. The van der Waals surface area contributed by atoms with Crippen molar-refractivity contribution in [3.05, 3.63) is 22.1 Å². The molecule has 19 heavy (non-hydrogen) atoms. The van der Waals surface area contributed by atoms with Gasteiger partial charge in [0, 0.05) is 52.3 Å². The molecule has 100 valence electrons. The Bertz CT molecular complexity index is 622. The van der Waals surface area contributed by atoms with Crippen LogP contribution in [0.4, 0.5) is 10.6 Å². The minimum Gasteiger partial charge on any atom is -0.465 e. The van der Waals surface area contributed by atoms with E-state index in [-0.39, 0.29) is 0 Å². The van der Waals surface area contributed by atoms with Crippen molar-refractivity contribution in [3.63, 3.8) is 0 Å². The van der Waals surface area contributed by atoms with E-state index in [4.69, 9.17) is 5.11 Å². The van der Waals surface area contributed by atoms with Gasteiger partial charge >= 0.3 is 6.09 Å². The van der Waals surface area contributed by atoms with Crippen molar-refractivity contribution in [1.82, 2.24) is 9.88 Å². The molecule has 1 amide bonds. The van der Waals surface area contributed by atoms with Crippen LogP contribution in [-0.2, 0) is 0 Å². The summed E-state index contributed by atoms with van der Waals surface area (Å²) in [5.41, 5.74) is 0. The van der Waals surface area contributed by atoms with Crippen LogP contribution < -0.4 is 4.90 Å². The number of hydrogen-bond donors (Lipinski definition) is 1. The van der Waals surface area contributed by atoms with Gasteiger partial charge in [-0.05, 0) is 22.0 Å². The molecule has 1 fully saturated rings. The van der Waals surface area contributed by atoms with Gasteiger partial charge in [0.2, 0.25) is 0 Å². The van der Waals surface area contributed by atoms with Crippen LogP contribution in [0.1, 0.15) is 0 Å². The molecule has 1 aliphatic heterocycles. The van der Waals surface area contributed by atoms with E-state index in [2.05, 4.69) is 31.2 Å². The second-order valence-corrected chi connectivity index (χ2v) is 6.11. The first kappa shape index (κ1) is 12.7. The van der Waals surface area contributed by atoms with Crippen LogP contribution in [-0.4, -0.2) is 47.3 Å². The lowest BCUT2D eigenvalue weighted by molar-refractivity contribution is 0.142. The quantitative estimate of drug-likeness (QED) is 0.866. The number of fused-ring (bicyclic) bond motifs is 1. The maximum Gasteiger partial charge on any atom is 0.407 e. The summed E-state index contributed by atoms with van der Waals surface area (Å²) in [6, 6.07) is 2.00. The van der Waals surface area contributed by atoms with E-state index < -0.39 is 6.09 Å². The molecule has 2 aromatic rings. The summed E-state index contributed by atoms with van der Waals surface area (Å²) < 4.78 is 2.24. The zero-order valence-corrected chi connectivity index (χ0v) is 12.4. The molecule has 3 heterocycles. The van der Waals surface area contributed by atoms with Crippen LogP contribution in [0, 0.1) is 0 Å². The molecule has 0 aromatic carbocycles. The molecule has 7 heteroatoms. The Kier molecular flexibility index (Phi) is 3.32. The fraction of sp³-hybridized carbons (Fsp3) is 0.333. The molecule has 1 aliphatic rings. The fourth-order valence-electron chi connectivity index (χ4n) is 2.28. The van der Waals surface area contributed by atoms with Crippen molar-refractivity contribution < 1.29 is 9.90 Å². The topological polar surface area (TPSA) is 56.7 Å². The van der Waals surface area contributed by atoms with Gasteiger partial charge in [-0.1, -0.05) is 0 Å². The summed E-state index contributed by atoms with van der Waals surface area (Å²) in [5.74, 6) is 0.940. The first-order valence-electron chi connectivity index (χ1n) is 5.91. The monoisotopic (exact) mass is 341 g/mol. The first-order chi connectivity index (χ1) is 9.16. The molecule has 5 nitrogen and oxygen atoms in total. The van der Waals surface area contributed by atoms with Gasteiger partial charge in [-0.3, -0.25) is 0 Å². The SMILES string of the molecule is O=C(O)N1CCN(c2nccc3scc(Br)c23)CC1. The Labute approximate surface area is 122 Å². The largest absolute Gasteiger partial charge is 0.465 e. The van der Waals surface area contributed by atoms with E-state index in [1.807, 2.05) is 12.3 Å². The van der Waals surface area contributed by atoms with Crippen molar-refractivity contribution >= 4 is 49.3 Å². The molecule has 0 unspecified atom stereocenters. The lowest BCUT2D eigenvalue weighted by atomic mass is 10.2. The highest BCUT2D eigenvalue weighted by atomic mass is 79.9. The van der Waals surface area contributed by atoms with Crippen LogP contribution in [0.2, 0.25) is 0 Å². The van der Waals surface area contributed by atoms with Gasteiger partial charge in [0.05, 0.1) is 0 Å². The normalized spacial score (nSPS) is 16.1. The van der Waals surface area contributed by atoms with E-state index in [1.165, 1.54) is 9.60 Å². The molecule has 3 rings (SSSR count). The van der Waals surface area contributed by atoms with Gasteiger partial charge in [-0.15, -0.1) is 11.3 Å². The molecule has 0 aliphatic carbocycles. The van der Waals surface area contributed by atoms with Crippen molar-refractivity contribution in [2.75, 3.05) is 31.1 Å². The minimum atomic E-state index is -0.845. The summed E-state index contributed by atoms with van der Waals surface area (Å²) in [5, 5.41) is 12.1. The van der Waals surface area contributed by atoms with Crippen LogP contribution in [0.5, 0.6) is 0 Å². The molecule has 0 saturated carbocycles. The number of aromatic nitrogens is 1. The third kappa shape index (κ3) is 2.28. The zero-order valence-electron chi connectivity index (χ0n) is 10.0. The summed E-state index contributed by atoms with van der Waals surface area (Å²) in [6.45, 7) is 2.41. The van der Waals surface area contributed by atoms with Crippen LogP contribution >= 0.6 is 27.3 Å². The number of amides is 1. The Hall–Kier alpha value is -1.34. The average molecular weight is 342 g/mol. The molecule has 0 spiro atoms. The van der Waals surface area contributed by atoms with Gasteiger partial charge < -0.3 is 14.9 Å². The third-order valence-corrected chi connectivity index (χ3v) is 5.15. The van der Waals surface area contributed by atoms with Crippen LogP contribution in [0.3, 0.4) is 0 Å². The lowest BCUT2D eigenvalue weighted by Gasteiger charge is -2.34. The van der Waals surface area contributed by atoms with Gasteiger partial charge in [-0.2, -0.15) is 0 Å². The third-order valence-electron chi connectivity index (χ3n) is 3.27. The maximum atomic E-state index is 10.9. The maximum absolute atomic E-state index is 10.9. The number of halogens is 1. The molecule has 0 atom stereocenters. The number of rotatable bonds is 1. The number of thiophene rings is 1. The molecule has 0 radical (unpaired) electrons. The number of piperazine rings is 1. The predicted molar refractivity (Wildman–Crippen MR) is 79.1 cm³/mol. The highest BCUT2D eigenvalue weighted by Crippen LogP contribution is 2.36. The second-order valence-electron chi connectivity index (χ2n) is 4.35. The number of carbonyl (C=O) groups is 1. The molecular formula is C12H12BrN3O2S. The Morgan fingerprint density at radius 3 is 2.79 bits per heavy atom. The van der Waals surface area contributed by atoms with Gasteiger partial charge in [0.15, 0.2) is 0 Å². The van der Waals surface area contributed by atoms with E-state index in [0.717, 1.165) is 15.7 Å². The van der Waals surface area contributed by atoms with Gasteiger partial charge in [-0.25, -0.2) is 9.78 Å². The van der Waals surface area contributed by atoms with Gasteiger partial charge in [0.1, 0.15) is 5.82 Å².